The lowest BCUT2D eigenvalue weighted by atomic mass is 10.2. The van der Waals surface area contributed by atoms with E-state index in [1.54, 1.807) is 18.1 Å². The number of anilines is 1. The van der Waals surface area contributed by atoms with Crippen LogP contribution in [0, 0.1) is 0 Å². The van der Waals surface area contributed by atoms with Crippen molar-refractivity contribution in [1.82, 2.24) is 20.3 Å². The molecule has 24 heavy (non-hydrogen) atoms. The van der Waals surface area contributed by atoms with E-state index in [-0.39, 0.29) is 5.91 Å². The molecule has 0 aliphatic carbocycles. The topological polar surface area (TPSA) is 99.9 Å². The molecule has 7 nitrogen and oxygen atoms in total. The van der Waals surface area contributed by atoms with E-state index >= 15 is 0 Å². The van der Waals surface area contributed by atoms with Crippen molar-refractivity contribution in [1.29, 1.82) is 0 Å². The molecule has 0 saturated heterocycles. The molecule has 4 N–H and O–H groups in total. The van der Waals surface area contributed by atoms with Gasteiger partial charge in [0, 0.05) is 31.2 Å². The van der Waals surface area contributed by atoms with Crippen LogP contribution in [0.1, 0.15) is 19.3 Å². The molecule has 1 aliphatic rings. The fraction of sp³-hybridized carbons (Fsp3) is 0.438. The molecule has 0 unspecified atom stereocenters. The predicted molar refractivity (Wildman–Crippen MR) is 97.7 cm³/mol. The Morgan fingerprint density at radius 3 is 3.17 bits per heavy atom. The average molecular weight is 346 g/mol. The lowest BCUT2D eigenvalue weighted by Crippen LogP contribution is -2.31. The Hall–Kier alpha value is -2.06. The molecule has 0 aromatic carbocycles. The number of hydrogen-bond donors (Lipinski definition) is 3. The highest BCUT2D eigenvalue weighted by Gasteiger charge is 2.20. The molecule has 3 heterocycles. The summed E-state index contributed by atoms with van der Waals surface area (Å²) in [5.41, 5.74) is 6.28. The first-order valence-corrected chi connectivity index (χ1v) is 9.16. The van der Waals surface area contributed by atoms with Crippen molar-refractivity contribution in [3.8, 4) is 0 Å². The number of carbonyl (C=O) groups is 1. The van der Waals surface area contributed by atoms with Crippen LogP contribution in [0.2, 0.25) is 0 Å². The highest BCUT2D eigenvalue weighted by atomic mass is 32.2. The Labute approximate surface area is 145 Å². The maximum Gasteiger partial charge on any atom is 0.259 e. The Kier molecular flexibility index (Phi) is 5.71. The molecule has 3 rings (SSSR count). The molecule has 0 radical (unpaired) electrons. The minimum atomic E-state index is -0.0168. The quantitative estimate of drug-likeness (QED) is 0.659. The van der Waals surface area contributed by atoms with Gasteiger partial charge in [0.15, 0.2) is 0 Å². The average Bonchev–Trinajstić information content (AvgIpc) is 3.10. The molecular weight excluding hydrogens is 324 g/mol. The van der Waals surface area contributed by atoms with Gasteiger partial charge >= 0.3 is 0 Å². The van der Waals surface area contributed by atoms with Crippen molar-refractivity contribution in [2.45, 2.75) is 19.3 Å². The summed E-state index contributed by atoms with van der Waals surface area (Å²) < 4.78 is 0. The fourth-order valence-electron chi connectivity index (χ4n) is 2.61. The van der Waals surface area contributed by atoms with E-state index in [0.717, 1.165) is 53.3 Å². The number of aromatic amines is 1. The molecule has 0 atom stereocenters. The summed E-state index contributed by atoms with van der Waals surface area (Å²) in [6, 6.07) is 1.96. The van der Waals surface area contributed by atoms with Crippen LogP contribution >= 0.6 is 11.8 Å². The number of rotatable bonds is 7. The van der Waals surface area contributed by atoms with Gasteiger partial charge in [-0.15, -0.1) is 11.8 Å². The number of carbonyl (C=O) groups excluding carboxylic acids is 1. The first kappa shape index (κ1) is 16.8. The van der Waals surface area contributed by atoms with Gasteiger partial charge in [0.1, 0.15) is 17.8 Å². The van der Waals surface area contributed by atoms with Crippen LogP contribution in [-0.2, 0) is 4.79 Å². The van der Waals surface area contributed by atoms with Gasteiger partial charge in [0.2, 0.25) is 0 Å². The maximum atomic E-state index is 12.3. The fourth-order valence-corrected chi connectivity index (χ4v) is 3.52. The molecule has 0 bridgehead atoms. The van der Waals surface area contributed by atoms with E-state index in [4.69, 9.17) is 5.73 Å². The van der Waals surface area contributed by atoms with E-state index in [9.17, 15) is 4.79 Å². The third-order valence-electron chi connectivity index (χ3n) is 3.86. The second-order valence-electron chi connectivity index (χ2n) is 5.58. The van der Waals surface area contributed by atoms with Crippen LogP contribution in [0.25, 0.3) is 11.0 Å². The molecule has 1 aliphatic heterocycles. The van der Waals surface area contributed by atoms with E-state index in [2.05, 4.69) is 20.3 Å². The van der Waals surface area contributed by atoms with Crippen LogP contribution in [0.5, 0.6) is 0 Å². The Balaban J connectivity index is 1.67. The van der Waals surface area contributed by atoms with Gasteiger partial charge in [-0.1, -0.05) is 6.42 Å². The molecule has 2 aromatic heterocycles. The van der Waals surface area contributed by atoms with Crippen LogP contribution in [0.15, 0.2) is 29.7 Å². The minimum Gasteiger partial charge on any atom is -0.352 e. The zero-order valence-electron chi connectivity index (χ0n) is 13.5. The van der Waals surface area contributed by atoms with Crippen molar-refractivity contribution in [2.24, 2.45) is 5.73 Å². The maximum absolute atomic E-state index is 12.3. The number of thioether (sulfide) groups is 1. The van der Waals surface area contributed by atoms with Crippen LogP contribution < -0.4 is 16.0 Å². The zero-order valence-corrected chi connectivity index (χ0v) is 14.3. The summed E-state index contributed by atoms with van der Waals surface area (Å²) in [5.74, 6) is 1.66. The third-order valence-corrected chi connectivity index (χ3v) is 4.85. The summed E-state index contributed by atoms with van der Waals surface area (Å²) >= 11 is 1.58. The van der Waals surface area contributed by atoms with Gasteiger partial charge in [-0.25, -0.2) is 9.97 Å². The highest BCUT2D eigenvalue weighted by Crippen LogP contribution is 2.28. The second kappa shape index (κ2) is 8.16. The number of fused-ring (bicyclic) bond motifs is 1. The van der Waals surface area contributed by atoms with Crippen LogP contribution in [0.3, 0.4) is 0 Å². The first-order chi connectivity index (χ1) is 11.8. The number of nitrogens with zero attached hydrogens (tertiary/aromatic N) is 3. The Morgan fingerprint density at radius 1 is 1.38 bits per heavy atom. The van der Waals surface area contributed by atoms with Crippen molar-refractivity contribution >= 4 is 34.5 Å². The van der Waals surface area contributed by atoms with E-state index < -0.39 is 0 Å². The van der Waals surface area contributed by atoms with Gasteiger partial charge in [0.05, 0.1) is 10.3 Å². The highest BCUT2D eigenvalue weighted by molar-refractivity contribution is 8.04. The van der Waals surface area contributed by atoms with Crippen molar-refractivity contribution < 1.29 is 4.79 Å². The summed E-state index contributed by atoms with van der Waals surface area (Å²) in [6.45, 7) is 2.21. The number of H-pyrrole nitrogens is 1. The van der Waals surface area contributed by atoms with Gasteiger partial charge in [-0.2, -0.15) is 0 Å². The lowest BCUT2D eigenvalue weighted by molar-refractivity contribution is -0.116. The number of aromatic nitrogens is 3. The molecule has 128 valence electrons. The standard InChI is InChI=1S/C16H22N6OS/c17-5-2-1-3-6-19-16(23)13-10-22(8-9-24-13)15-12-4-7-18-14(12)20-11-21-15/h4,7,10-11H,1-3,5-6,8-9,17H2,(H,19,23)(H,18,20,21). The third kappa shape index (κ3) is 3.88. The lowest BCUT2D eigenvalue weighted by Gasteiger charge is -2.25. The smallest absolute Gasteiger partial charge is 0.259 e. The Morgan fingerprint density at radius 2 is 2.29 bits per heavy atom. The molecule has 0 fully saturated rings. The molecular formula is C16H22N6OS. The van der Waals surface area contributed by atoms with Gasteiger partial charge in [-0.05, 0) is 25.5 Å². The van der Waals surface area contributed by atoms with E-state index in [0.29, 0.717) is 13.1 Å². The Bertz CT molecular complexity index is 728. The monoisotopic (exact) mass is 346 g/mol. The van der Waals surface area contributed by atoms with E-state index in [1.165, 1.54) is 0 Å². The zero-order chi connectivity index (χ0) is 16.8. The van der Waals surface area contributed by atoms with Crippen LogP contribution in [0.4, 0.5) is 5.82 Å². The number of nitrogens with two attached hydrogens (primary N) is 1. The summed E-state index contributed by atoms with van der Waals surface area (Å²) in [5, 5.41) is 3.94. The number of unbranched alkanes of at least 4 members (excludes halogenated alkanes) is 2. The molecule has 0 saturated carbocycles. The van der Waals surface area contributed by atoms with Crippen molar-refractivity contribution in [3.05, 3.63) is 29.7 Å². The van der Waals surface area contributed by atoms with Gasteiger partial charge in [0.25, 0.3) is 5.91 Å². The van der Waals surface area contributed by atoms with E-state index in [1.807, 2.05) is 23.4 Å². The van der Waals surface area contributed by atoms with Gasteiger partial charge in [-0.3, -0.25) is 4.79 Å². The molecule has 2 aromatic rings. The largest absolute Gasteiger partial charge is 0.352 e. The first-order valence-electron chi connectivity index (χ1n) is 8.17. The SMILES string of the molecule is NCCCCCNC(=O)C1=CN(c2ncnc3[nH]ccc23)CCS1. The predicted octanol–water partition coefficient (Wildman–Crippen LogP) is 1.60. The molecule has 1 amide bonds. The molecule has 0 spiro atoms. The van der Waals surface area contributed by atoms with Crippen molar-refractivity contribution in [3.63, 3.8) is 0 Å². The summed E-state index contributed by atoms with van der Waals surface area (Å²) in [7, 11) is 0. The number of nitrogens with one attached hydrogen (secondary N) is 2. The number of hydrogen-bond acceptors (Lipinski definition) is 6. The second-order valence-corrected chi connectivity index (χ2v) is 6.71. The molecule has 8 heteroatoms. The van der Waals surface area contributed by atoms with Crippen LogP contribution in [-0.4, -0.2) is 46.2 Å². The van der Waals surface area contributed by atoms with Gasteiger partial charge < -0.3 is 20.9 Å². The summed E-state index contributed by atoms with van der Waals surface area (Å²) in [6.07, 6.45) is 8.28. The minimum absolute atomic E-state index is 0.0168. The van der Waals surface area contributed by atoms with Crippen molar-refractivity contribution in [2.75, 3.05) is 30.3 Å². The normalized spacial score (nSPS) is 14.7. The number of amides is 1. The summed E-state index contributed by atoms with van der Waals surface area (Å²) in [4.78, 5) is 26.8.